The smallest absolute Gasteiger partial charge is 0.0312 e. The molecule has 1 unspecified atom stereocenters. The van der Waals surface area contributed by atoms with E-state index in [2.05, 4.69) is 23.4 Å². The quantitative estimate of drug-likeness (QED) is 0.729. The molecule has 2 nitrogen and oxygen atoms in total. The van der Waals surface area contributed by atoms with Crippen molar-refractivity contribution in [3.8, 4) is 0 Å². The number of hydrogen-bond acceptors (Lipinski definition) is 1. The SMILES string of the molecule is C=CCCn1ccc2c1CCCC2N. The predicted molar refractivity (Wildman–Crippen MR) is 59.1 cm³/mol. The fourth-order valence-electron chi connectivity index (χ4n) is 2.23. The minimum atomic E-state index is 0.267. The molecule has 1 atom stereocenters. The van der Waals surface area contributed by atoms with E-state index in [0.29, 0.717) is 0 Å². The normalized spacial score (nSPS) is 20.5. The van der Waals surface area contributed by atoms with Crippen molar-refractivity contribution in [1.82, 2.24) is 4.57 Å². The summed E-state index contributed by atoms with van der Waals surface area (Å²) >= 11 is 0. The molecule has 76 valence electrons. The summed E-state index contributed by atoms with van der Waals surface area (Å²) in [6.45, 7) is 4.80. The molecule has 2 rings (SSSR count). The van der Waals surface area contributed by atoms with Gasteiger partial charge >= 0.3 is 0 Å². The Hall–Kier alpha value is -1.02. The van der Waals surface area contributed by atoms with Crippen LogP contribution in [0.3, 0.4) is 0 Å². The predicted octanol–water partition coefficient (Wildman–Crippen LogP) is 2.40. The Morgan fingerprint density at radius 3 is 3.29 bits per heavy atom. The van der Waals surface area contributed by atoms with Crippen molar-refractivity contribution < 1.29 is 0 Å². The van der Waals surface area contributed by atoms with Crippen LogP contribution in [0, 0.1) is 0 Å². The highest BCUT2D eigenvalue weighted by Crippen LogP contribution is 2.28. The van der Waals surface area contributed by atoms with Crippen molar-refractivity contribution in [2.24, 2.45) is 5.73 Å². The number of fused-ring (bicyclic) bond motifs is 1. The first-order valence-corrected chi connectivity index (χ1v) is 5.37. The van der Waals surface area contributed by atoms with Crippen molar-refractivity contribution in [3.63, 3.8) is 0 Å². The molecular formula is C12H18N2. The minimum absolute atomic E-state index is 0.267. The van der Waals surface area contributed by atoms with E-state index < -0.39 is 0 Å². The van der Waals surface area contributed by atoms with Crippen LogP contribution in [-0.2, 0) is 13.0 Å². The summed E-state index contributed by atoms with van der Waals surface area (Å²) in [6.07, 6.45) is 8.72. The first-order valence-electron chi connectivity index (χ1n) is 5.37. The van der Waals surface area contributed by atoms with E-state index in [-0.39, 0.29) is 6.04 Å². The second-order valence-electron chi connectivity index (χ2n) is 3.99. The minimum Gasteiger partial charge on any atom is -0.351 e. The highest BCUT2D eigenvalue weighted by atomic mass is 15.0. The zero-order valence-electron chi connectivity index (χ0n) is 8.58. The first-order chi connectivity index (χ1) is 6.83. The molecule has 0 spiro atoms. The van der Waals surface area contributed by atoms with Crippen LogP contribution in [0.15, 0.2) is 24.9 Å². The molecule has 0 aromatic carbocycles. The van der Waals surface area contributed by atoms with Gasteiger partial charge < -0.3 is 10.3 Å². The Morgan fingerprint density at radius 1 is 1.64 bits per heavy atom. The summed E-state index contributed by atoms with van der Waals surface area (Å²) in [7, 11) is 0. The average Bonchev–Trinajstić information content (AvgIpc) is 2.60. The molecule has 0 radical (unpaired) electrons. The molecule has 0 saturated carbocycles. The van der Waals surface area contributed by atoms with Crippen LogP contribution in [0.25, 0.3) is 0 Å². The van der Waals surface area contributed by atoms with Gasteiger partial charge in [-0.25, -0.2) is 0 Å². The van der Waals surface area contributed by atoms with Crippen LogP contribution < -0.4 is 5.73 Å². The van der Waals surface area contributed by atoms with Gasteiger partial charge in [-0.2, -0.15) is 0 Å². The lowest BCUT2D eigenvalue weighted by atomic mass is 9.94. The molecule has 2 N–H and O–H groups in total. The maximum atomic E-state index is 6.05. The van der Waals surface area contributed by atoms with Crippen LogP contribution in [0.1, 0.15) is 36.6 Å². The number of aryl methyl sites for hydroxylation is 1. The highest BCUT2D eigenvalue weighted by molar-refractivity contribution is 5.28. The summed E-state index contributed by atoms with van der Waals surface area (Å²) < 4.78 is 2.33. The van der Waals surface area contributed by atoms with E-state index in [9.17, 15) is 0 Å². The van der Waals surface area contributed by atoms with Crippen LogP contribution in [0.2, 0.25) is 0 Å². The summed E-state index contributed by atoms with van der Waals surface area (Å²) in [4.78, 5) is 0. The molecule has 0 fully saturated rings. The number of nitrogens with zero attached hydrogens (tertiary/aromatic N) is 1. The van der Waals surface area contributed by atoms with Crippen LogP contribution >= 0.6 is 0 Å². The molecule has 1 aromatic rings. The molecule has 14 heavy (non-hydrogen) atoms. The van der Waals surface area contributed by atoms with Gasteiger partial charge in [0.05, 0.1) is 0 Å². The Bertz CT molecular complexity index is 325. The van der Waals surface area contributed by atoms with Crippen molar-refractivity contribution in [2.75, 3.05) is 0 Å². The fraction of sp³-hybridized carbons (Fsp3) is 0.500. The lowest BCUT2D eigenvalue weighted by Crippen LogP contribution is -2.18. The maximum absolute atomic E-state index is 6.05. The molecule has 0 bridgehead atoms. The van der Waals surface area contributed by atoms with Gasteiger partial charge in [-0.15, -0.1) is 6.58 Å². The van der Waals surface area contributed by atoms with E-state index in [4.69, 9.17) is 5.73 Å². The van der Waals surface area contributed by atoms with Crippen molar-refractivity contribution in [1.29, 1.82) is 0 Å². The van der Waals surface area contributed by atoms with Crippen LogP contribution in [0.5, 0.6) is 0 Å². The number of rotatable bonds is 3. The topological polar surface area (TPSA) is 30.9 Å². The molecule has 0 amide bonds. The maximum Gasteiger partial charge on any atom is 0.0312 e. The Balaban J connectivity index is 2.22. The molecule has 0 saturated heterocycles. The molecule has 0 aliphatic heterocycles. The van der Waals surface area contributed by atoms with Gasteiger partial charge in [0.2, 0.25) is 0 Å². The first kappa shape index (κ1) is 9.53. The summed E-state index contributed by atoms with van der Waals surface area (Å²) in [5, 5.41) is 0. The summed E-state index contributed by atoms with van der Waals surface area (Å²) in [6, 6.07) is 2.45. The van der Waals surface area contributed by atoms with Crippen molar-refractivity contribution >= 4 is 0 Å². The van der Waals surface area contributed by atoms with Gasteiger partial charge in [-0.3, -0.25) is 0 Å². The average molecular weight is 190 g/mol. The molecule has 1 heterocycles. The third kappa shape index (κ3) is 1.62. The largest absolute Gasteiger partial charge is 0.351 e. The zero-order chi connectivity index (χ0) is 9.97. The molecule has 1 aliphatic carbocycles. The van der Waals surface area contributed by atoms with E-state index in [1.54, 1.807) is 0 Å². The molecule has 1 aliphatic rings. The molecule has 2 heteroatoms. The van der Waals surface area contributed by atoms with Gasteiger partial charge in [0.15, 0.2) is 0 Å². The van der Waals surface area contributed by atoms with Gasteiger partial charge in [-0.05, 0) is 37.3 Å². The van der Waals surface area contributed by atoms with Gasteiger partial charge in [0.1, 0.15) is 0 Å². The second kappa shape index (κ2) is 4.01. The summed E-state index contributed by atoms with van der Waals surface area (Å²) in [5.41, 5.74) is 8.87. The lowest BCUT2D eigenvalue weighted by Gasteiger charge is -2.20. The van der Waals surface area contributed by atoms with E-state index in [0.717, 1.165) is 19.4 Å². The number of aromatic nitrogens is 1. The van der Waals surface area contributed by atoms with Gasteiger partial charge in [0.25, 0.3) is 0 Å². The van der Waals surface area contributed by atoms with Crippen molar-refractivity contribution in [3.05, 3.63) is 36.2 Å². The molecular weight excluding hydrogens is 172 g/mol. The van der Waals surface area contributed by atoms with E-state index in [1.807, 2.05) is 6.08 Å². The van der Waals surface area contributed by atoms with Crippen LogP contribution in [-0.4, -0.2) is 4.57 Å². The number of allylic oxidation sites excluding steroid dienone is 1. The van der Waals surface area contributed by atoms with E-state index >= 15 is 0 Å². The third-order valence-corrected chi connectivity index (χ3v) is 3.02. The number of hydrogen-bond donors (Lipinski definition) is 1. The Kier molecular flexibility index (Phi) is 2.73. The van der Waals surface area contributed by atoms with Gasteiger partial charge in [-0.1, -0.05) is 6.08 Å². The van der Waals surface area contributed by atoms with Gasteiger partial charge in [0, 0.05) is 24.5 Å². The standard InChI is InChI=1S/C12H18N2/c1-2-3-8-14-9-7-10-11(13)5-4-6-12(10)14/h2,7,9,11H,1,3-6,8,13H2. The van der Waals surface area contributed by atoms with E-state index in [1.165, 1.54) is 24.1 Å². The zero-order valence-corrected chi connectivity index (χ0v) is 8.58. The fourth-order valence-corrected chi connectivity index (χ4v) is 2.23. The highest BCUT2D eigenvalue weighted by Gasteiger charge is 2.19. The Morgan fingerprint density at radius 2 is 2.50 bits per heavy atom. The molecule has 1 aromatic heterocycles. The second-order valence-corrected chi connectivity index (χ2v) is 3.99. The monoisotopic (exact) mass is 190 g/mol. The number of nitrogens with two attached hydrogens (primary N) is 1. The van der Waals surface area contributed by atoms with Crippen LogP contribution in [0.4, 0.5) is 0 Å². The Labute approximate surface area is 85.4 Å². The lowest BCUT2D eigenvalue weighted by molar-refractivity contribution is 0.540. The van der Waals surface area contributed by atoms with Crippen molar-refractivity contribution in [2.45, 2.75) is 38.3 Å². The third-order valence-electron chi connectivity index (χ3n) is 3.02. The summed E-state index contributed by atoms with van der Waals surface area (Å²) in [5.74, 6) is 0.